The second-order valence-electron chi connectivity index (χ2n) is 7.95. The van der Waals surface area contributed by atoms with Crippen molar-refractivity contribution in [1.29, 1.82) is 0 Å². The van der Waals surface area contributed by atoms with E-state index in [-0.39, 0.29) is 0 Å². The zero-order valence-corrected chi connectivity index (χ0v) is 15.2. The van der Waals surface area contributed by atoms with Crippen molar-refractivity contribution in [3.63, 3.8) is 0 Å². The van der Waals surface area contributed by atoms with Crippen LogP contribution in [0.4, 0.5) is 0 Å². The van der Waals surface area contributed by atoms with E-state index >= 15 is 0 Å². The van der Waals surface area contributed by atoms with Gasteiger partial charge in [-0.3, -0.25) is 0 Å². The van der Waals surface area contributed by atoms with Gasteiger partial charge in [0.25, 0.3) is 0 Å². The van der Waals surface area contributed by atoms with Gasteiger partial charge in [0.2, 0.25) is 0 Å². The van der Waals surface area contributed by atoms with Gasteiger partial charge in [0.1, 0.15) is 0 Å². The fraction of sp³-hybridized carbons (Fsp3) is 1.00. The van der Waals surface area contributed by atoms with Gasteiger partial charge >= 0.3 is 0 Å². The van der Waals surface area contributed by atoms with Crippen molar-refractivity contribution < 1.29 is 4.74 Å². The molecule has 0 spiro atoms. The molecule has 3 nitrogen and oxygen atoms in total. The van der Waals surface area contributed by atoms with Gasteiger partial charge < -0.3 is 15.0 Å². The van der Waals surface area contributed by atoms with Crippen LogP contribution in [0.2, 0.25) is 0 Å². The van der Waals surface area contributed by atoms with Crippen molar-refractivity contribution in [3.05, 3.63) is 0 Å². The Morgan fingerprint density at radius 3 is 2.62 bits per heavy atom. The third-order valence-electron chi connectivity index (χ3n) is 4.98. The smallest absolute Gasteiger partial charge is 0.0615 e. The third-order valence-corrected chi connectivity index (χ3v) is 4.98. The van der Waals surface area contributed by atoms with Crippen LogP contribution in [0.1, 0.15) is 53.4 Å². The SMILES string of the molecule is COCC(C)N(C)CC1(CNCC(C)C)CCCC(C)C1. The molecule has 1 aliphatic rings. The molecular weight excluding hydrogens is 260 g/mol. The number of hydrogen-bond acceptors (Lipinski definition) is 3. The zero-order chi connectivity index (χ0) is 15.9. The normalized spacial score (nSPS) is 28.3. The lowest BCUT2D eigenvalue weighted by Gasteiger charge is -2.44. The van der Waals surface area contributed by atoms with E-state index in [1.54, 1.807) is 7.11 Å². The molecule has 0 saturated heterocycles. The molecule has 0 aromatic rings. The summed E-state index contributed by atoms with van der Waals surface area (Å²) in [5.74, 6) is 1.60. The van der Waals surface area contributed by atoms with E-state index in [2.05, 4.69) is 45.0 Å². The molecule has 1 aliphatic carbocycles. The summed E-state index contributed by atoms with van der Waals surface area (Å²) in [6, 6.07) is 0.495. The van der Waals surface area contributed by atoms with Crippen molar-refractivity contribution >= 4 is 0 Å². The Kier molecular flexibility index (Phi) is 8.22. The summed E-state index contributed by atoms with van der Waals surface area (Å²) in [4.78, 5) is 2.50. The Morgan fingerprint density at radius 1 is 1.33 bits per heavy atom. The molecule has 1 rings (SSSR count). The Labute approximate surface area is 132 Å². The maximum Gasteiger partial charge on any atom is 0.0615 e. The number of nitrogens with zero attached hydrogens (tertiary/aromatic N) is 1. The Hall–Kier alpha value is -0.120. The first-order chi connectivity index (χ1) is 9.88. The van der Waals surface area contributed by atoms with Crippen LogP contribution in [0.25, 0.3) is 0 Å². The van der Waals surface area contributed by atoms with E-state index in [0.29, 0.717) is 11.5 Å². The van der Waals surface area contributed by atoms with Crippen molar-refractivity contribution in [1.82, 2.24) is 10.2 Å². The predicted octanol–water partition coefficient (Wildman–Crippen LogP) is 3.40. The summed E-state index contributed by atoms with van der Waals surface area (Å²) in [5.41, 5.74) is 0.448. The summed E-state index contributed by atoms with van der Waals surface area (Å²) >= 11 is 0. The van der Waals surface area contributed by atoms with Gasteiger partial charge in [-0.05, 0) is 50.6 Å². The number of ether oxygens (including phenoxy) is 1. The molecule has 0 bridgehead atoms. The Morgan fingerprint density at radius 2 is 2.05 bits per heavy atom. The number of hydrogen-bond donors (Lipinski definition) is 1. The average molecular weight is 299 g/mol. The average Bonchev–Trinajstić information content (AvgIpc) is 2.38. The van der Waals surface area contributed by atoms with Crippen LogP contribution in [0.5, 0.6) is 0 Å². The van der Waals surface area contributed by atoms with Crippen molar-refractivity contribution in [2.45, 2.75) is 59.4 Å². The number of nitrogens with one attached hydrogen (secondary N) is 1. The van der Waals surface area contributed by atoms with Gasteiger partial charge in [-0.15, -0.1) is 0 Å². The van der Waals surface area contributed by atoms with Crippen molar-refractivity contribution in [2.24, 2.45) is 17.3 Å². The minimum Gasteiger partial charge on any atom is -0.383 e. The van der Waals surface area contributed by atoms with Gasteiger partial charge in [0, 0.05) is 26.2 Å². The van der Waals surface area contributed by atoms with Gasteiger partial charge in [-0.25, -0.2) is 0 Å². The first kappa shape index (κ1) is 18.9. The maximum absolute atomic E-state index is 5.32. The molecule has 0 heterocycles. The predicted molar refractivity (Wildman–Crippen MR) is 91.7 cm³/mol. The largest absolute Gasteiger partial charge is 0.383 e. The van der Waals surface area contributed by atoms with Crippen LogP contribution in [-0.4, -0.2) is 51.3 Å². The minimum atomic E-state index is 0.448. The minimum absolute atomic E-state index is 0.448. The van der Waals surface area contributed by atoms with Crippen LogP contribution in [-0.2, 0) is 4.74 Å². The highest BCUT2D eigenvalue weighted by molar-refractivity contribution is 4.90. The highest BCUT2D eigenvalue weighted by Gasteiger charge is 2.36. The van der Waals surface area contributed by atoms with Gasteiger partial charge in [-0.2, -0.15) is 0 Å². The second-order valence-corrected chi connectivity index (χ2v) is 7.95. The van der Waals surface area contributed by atoms with Crippen molar-refractivity contribution in [3.8, 4) is 0 Å². The summed E-state index contributed by atoms with van der Waals surface area (Å²) < 4.78 is 5.32. The highest BCUT2D eigenvalue weighted by Crippen LogP contribution is 2.39. The van der Waals surface area contributed by atoms with Crippen molar-refractivity contribution in [2.75, 3.05) is 40.4 Å². The topological polar surface area (TPSA) is 24.5 Å². The first-order valence-corrected chi connectivity index (χ1v) is 8.78. The van der Waals surface area contributed by atoms with Gasteiger partial charge in [-0.1, -0.05) is 33.6 Å². The molecule has 3 heteroatoms. The molecule has 0 aliphatic heterocycles. The lowest BCUT2D eigenvalue weighted by atomic mass is 9.69. The molecule has 1 saturated carbocycles. The number of methoxy groups -OCH3 is 1. The van der Waals surface area contributed by atoms with E-state index in [1.807, 2.05) is 0 Å². The first-order valence-electron chi connectivity index (χ1n) is 8.78. The standard InChI is InChI=1S/C18H38N2O/c1-15(2)11-19-13-18(9-7-8-16(3)10-18)14-20(5)17(4)12-21-6/h15-17,19H,7-14H2,1-6H3. The van der Waals surface area contributed by atoms with E-state index < -0.39 is 0 Å². The molecule has 1 N–H and O–H groups in total. The van der Waals surface area contributed by atoms with E-state index in [1.165, 1.54) is 38.8 Å². The summed E-state index contributed by atoms with van der Waals surface area (Å²) in [5, 5.41) is 3.73. The van der Waals surface area contributed by atoms with Crippen LogP contribution < -0.4 is 5.32 Å². The molecule has 3 atom stereocenters. The molecule has 126 valence electrons. The monoisotopic (exact) mass is 298 g/mol. The summed E-state index contributed by atoms with van der Waals surface area (Å²) in [6.07, 6.45) is 5.52. The molecule has 0 amide bonds. The van der Waals surface area contributed by atoms with Crippen LogP contribution in [0.15, 0.2) is 0 Å². The Bertz CT molecular complexity index is 282. The molecule has 0 radical (unpaired) electrons. The molecule has 1 fully saturated rings. The van der Waals surface area contributed by atoms with E-state index in [4.69, 9.17) is 4.74 Å². The molecular formula is C18H38N2O. The van der Waals surface area contributed by atoms with E-state index in [0.717, 1.165) is 25.0 Å². The molecule has 0 aromatic carbocycles. The quantitative estimate of drug-likeness (QED) is 0.706. The summed E-state index contributed by atoms with van der Waals surface area (Å²) in [6.45, 7) is 13.6. The van der Waals surface area contributed by atoms with Gasteiger partial charge in [0.05, 0.1) is 6.61 Å². The zero-order valence-electron chi connectivity index (χ0n) is 15.2. The fourth-order valence-corrected chi connectivity index (χ4v) is 3.81. The molecule has 3 unspecified atom stereocenters. The summed E-state index contributed by atoms with van der Waals surface area (Å²) in [7, 11) is 4.06. The molecule has 21 heavy (non-hydrogen) atoms. The van der Waals surface area contributed by atoms with Crippen LogP contribution in [0.3, 0.4) is 0 Å². The van der Waals surface area contributed by atoms with Gasteiger partial charge in [0.15, 0.2) is 0 Å². The van der Waals surface area contributed by atoms with Crippen LogP contribution >= 0.6 is 0 Å². The maximum atomic E-state index is 5.32. The lowest BCUT2D eigenvalue weighted by Crippen LogP contribution is -2.48. The Balaban J connectivity index is 2.62. The third kappa shape index (κ3) is 6.66. The fourth-order valence-electron chi connectivity index (χ4n) is 3.81. The lowest BCUT2D eigenvalue weighted by molar-refractivity contribution is 0.0492. The number of rotatable bonds is 9. The highest BCUT2D eigenvalue weighted by atomic mass is 16.5. The second kappa shape index (κ2) is 9.12. The number of likely N-dealkylation sites (N-methyl/N-ethyl adjacent to an activating group) is 1. The van der Waals surface area contributed by atoms with E-state index in [9.17, 15) is 0 Å². The molecule has 0 aromatic heterocycles. The van der Waals surface area contributed by atoms with Crippen LogP contribution in [0, 0.1) is 17.3 Å².